The Balaban J connectivity index is 2.30. The second-order valence-electron chi connectivity index (χ2n) is 3.71. The van der Waals surface area contributed by atoms with Gasteiger partial charge >= 0.3 is 6.03 Å². The summed E-state index contributed by atoms with van der Waals surface area (Å²) in [5, 5.41) is 11.5. The van der Waals surface area contributed by atoms with Gasteiger partial charge in [-0.15, -0.1) is 0 Å². The van der Waals surface area contributed by atoms with Crippen molar-refractivity contribution in [3.05, 3.63) is 33.8 Å². The van der Waals surface area contributed by atoms with E-state index >= 15 is 0 Å². The summed E-state index contributed by atoms with van der Waals surface area (Å²) in [6.07, 6.45) is 1.86. The molecule has 0 bridgehead atoms. The molecule has 1 saturated heterocycles. The molecule has 0 radical (unpaired) electrons. The molecule has 1 N–H and O–H groups in total. The fourth-order valence-corrected chi connectivity index (χ4v) is 2.17. The van der Waals surface area contributed by atoms with Gasteiger partial charge in [-0.2, -0.15) is 5.26 Å². The van der Waals surface area contributed by atoms with Crippen molar-refractivity contribution < 1.29 is 4.79 Å². The van der Waals surface area contributed by atoms with Gasteiger partial charge < -0.3 is 5.32 Å². The van der Waals surface area contributed by atoms with Gasteiger partial charge in [-0.3, -0.25) is 0 Å². The molecule has 4 nitrogen and oxygen atoms in total. The van der Waals surface area contributed by atoms with Gasteiger partial charge in [-0.25, -0.2) is 9.69 Å². The number of carbonyl (C=O) groups is 1. The Morgan fingerprint density at radius 2 is 2.38 bits per heavy atom. The number of hydrogen-bond donors (Lipinski definition) is 1. The third-order valence-corrected chi connectivity index (χ3v) is 3.14. The molecule has 2 rings (SSSR count). The first-order chi connectivity index (χ1) is 7.61. The largest absolute Gasteiger partial charge is 0.331 e. The predicted octanol–water partition coefficient (Wildman–Crippen LogP) is 2.30. The Hall–Kier alpha value is -1.54. The van der Waals surface area contributed by atoms with Crippen LogP contribution in [0.25, 0.3) is 0 Å². The Kier molecular flexibility index (Phi) is 2.84. The zero-order valence-electron chi connectivity index (χ0n) is 8.70. The summed E-state index contributed by atoms with van der Waals surface area (Å²) in [4.78, 5) is 12.5. The molecule has 0 spiro atoms. The fourth-order valence-electron chi connectivity index (χ4n) is 1.79. The lowest BCUT2D eigenvalue weighted by Gasteiger charge is -2.12. The van der Waals surface area contributed by atoms with Crippen molar-refractivity contribution in [2.24, 2.45) is 0 Å². The summed E-state index contributed by atoms with van der Waals surface area (Å²) in [5.41, 5.74) is 2.15. The lowest BCUT2D eigenvalue weighted by atomic mass is 10.0. The van der Waals surface area contributed by atoms with Crippen molar-refractivity contribution in [1.29, 1.82) is 5.26 Å². The number of nitrogens with zero attached hydrogens (tertiary/aromatic N) is 2. The summed E-state index contributed by atoms with van der Waals surface area (Å²) < 4.78 is 0.970. The SMILES string of the molecule is Cc1ccc(Br)cc1C1CN(C#N)C(=O)N1. The standard InChI is InChI=1S/C11H10BrN3O/c1-7-2-3-8(12)4-9(7)10-5-15(6-13)11(16)14-10/h2-4,10H,5H2,1H3,(H,14,16). The van der Waals surface area contributed by atoms with Crippen LogP contribution in [0.15, 0.2) is 22.7 Å². The third-order valence-electron chi connectivity index (χ3n) is 2.65. The Morgan fingerprint density at radius 3 is 3.00 bits per heavy atom. The van der Waals surface area contributed by atoms with Crippen molar-refractivity contribution in [2.45, 2.75) is 13.0 Å². The highest BCUT2D eigenvalue weighted by Gasteiger charge is 2.30. The molecular weight excluding hydrogens is 270 g/mol. The van der Waals surface area contributed by atoms with Crippen LogP contribution >= 0.6 is 15.9 Å². The van der Waals surface area contributed by atoms with E-state index in [2.05, 4.69) is 21.2 Å². The molecule has 0 aliphatic carbocycles. The molecule has 5 heteroatoms. The van der Waals surface area contributed by atoms with E-state index in [4.69, 9.17) is 5.26 Å². The van der Waals surface area contributed by atoms with Crippen LogP contribution in [0.5, 0.6) is 0 Å². The van der Waals surface area contributed by atoms with Crippen molar-refractivity contribution >= 4 is 22.0 Å². The van der Waals surface area contributed by atoms with Gasteiger partial charge in [0.2, 0.25) is 0 Å². The summed E-state index contributed by atoms with van der Waals surface area (Å²) in [6.45, 7) is 2.38. The van der Waals surface area contributed by atoms with Gasteiger partial charge in [0.05, 0.1) is 12.6 Å². The number of hydrogen-bond acceptors (Lipinski definition) is 2. The van der Waals surface area contributed by atoms with E-state index in [-0.39, 0.29) is 12.1 Å². The van der Waals surface area contributed by atoms with Crippen LogP contribution in [0.1, 0.15) is 17.2 Å². The van der Waals surface area contributed by atoms with Crippen LogP contribution in [0.2, 0.25) is 0 Å². The van der Waals surface area contributed by atoms with E-state index in [1.807, 2.05) is 31.3 Å². The highest BCUT2D eigenvalue weighted by Crippen LogP contribution is 2.25. The van der Waals surface area contributed by atoms with Crippen LogP contribution in [0, 0.1) is 18.4 Å². The van der Waals surface area contributed by atoms with Crippen molar-refractivity contribution in [1.82, 2.24) is 10.2 Å². The molecule has 1 unspecified atom stereocenters. The van der Waals surface area contributed by atoms with Crippen LogP contribution in [0.4, 0.5) is 4.79 Å². The van der Waals surface area contributed by atoms with E-state index in [1.165, 1.54) is 0 Å². The molecule has 1 aromatic carbocycles. The molecule has 0 saturated carbocycles. The summed E-state index contributed by atoms with van der Waals surface area (Å²) in [7, 11) is 0. The first-order valence-electron chi connectivity index (χ1n) is 4.85. The van der Waals surface area contributed by atoms with Gasteiger partial charge in [-0.05, 0) is 30.2 Å². The minimum absolute atomic E-state index is 0.107. The molecule has 2 amide bonds. The predicted molar refractivity (Wildman–Crippen MR) is 62.5 cm³/mol. The average Bonchev–Trinajstić information content (AvgIpc) is 2.63. The lowest BCUT2D eigenvalue weighted by molar-refractivity contribution is 0.232. The Bertz CT molecular complexity index is 481. The maximum atomic E-state index is 11.4. The maximum Gasteiger partial charge on any atom is 0.331 e. The van der Waals surface area contributed by atoms with Crippen LogP contribution in [-0.2, 0) is 0 Å². The second-order valence-corrected chi connectivity index (χ2v) is 4.63. The number of nitrogens with one attached hydrogen (secondary N) is 1. The number of halogens is 1. The summed E-state index contributed by atoms with van der Waals surface area (Å²) in [5.74, 6) is 0. The molecule has 16 heavy (non-hydrogen) atoms. The van der Waals surface area contributed by atoms with E-state index in [1.54, 1.807) is 0 Å². The first-order valence-corrected chi connectivity index (χ1v) is 5.65. The van der Waals surface area contributed by atoms with Gasteiger partial charge in [0.25, 0.3) is 0 Å². The van der Waals surface area contributed by atoms with Gasteiger partial charge in [0.1, 0.15) is 0 Å². The smallest absolute Gasteiger partial charge is 0.328 e. The van der Waals surface area contributed by atoms with Gasteiger partial charge in [0.15, 0.2) is 6.19 Å². The maximum absolute atomic E-state index is 11.4. The van der Waals surface area contributed by atoms with Gasteiger partial charge in [-0.1, -0.05) is 22.0 Å². The molecule has 1 aromatic rings. The number of aryl methyl sites for hydroxylation is 1. The fraction of sp³-hybridized carbons (Fsp3) is 0.273. The van der Waals surface area contributed by atoms with E-state index in [0.717, 1.165) is 20.5 Å². The van der Waals surface area contributed by atoms with E-state index in [0.29, 0.717) is 6.54 Å². The molecular formula is C11H10BrN3O. The second kappa shape index (κ2) is 4.14. The Morgan fingerprint density at radius 1 is 1.62 bits per heavy atom. The third kappa shape index (κ3) is 1.89. The Labute approximate surface area is 102 Å². The quantitative estimate of drug-likeness (QED) is 0.802. The minimum atomic E-state index is -0.327. The lowest BCUT2D eigenvalue weighted by Crippen LogP contribution is -2.23. The molecule has 1 aliphatic rings. The zero-order valence-corrected chi connectivity index (χ0v) is 10.3. The van der Waals surface area contributed by atoms with Crippen molar-refractivity contribution in [3.63, 3.8) is 0 Å². The number of amides is 2. The zero-order chi connectivity index (χ0) is 11.7. The van der Waals surface area contributed by atoms with Crippen LogP contribution < -0.4 is 5.32 Å². The molecule has 82 valence electrons. The molecule has 1 fully saturated rings. The van der Waals surface area contributed by atoms with E-state index < -0.39 is 0 Å². The number of urea groups is 1. The monoisotopic (exact) mass is 279 g/mol. The van der Waals surface area contributed by atoms with Crippen LogP contribution in [-0.4, -0.2) is 17.5 Å². The normalized spacial score (nSPS) is 19.4. The van der Waals surface area contributed by atoms with Crippen LogP contribution in [0.3, 0.4) is 0 Å². The topological polar surface area (TPSA) is 56.1 Å². The number of nitriles is 1. The van der Waals surface area contributed by atoms with E-state index in [9.17, 15) is 4.79 Å². The highest BCUT2D eigenvalue weighted by molar-refractivity contribution is 9.10. The summed E-state index contributed by atoms with van der Waals surface area (Å²) in [6, 6.07) is 5.48. The molecule has 0 aromatic heterocycles. The molecule has 1 aliphatic heterocycles. The average molecular weight is 280 g/mol. The van der Waals surface area contributed by atoms with Crippen molar-refractivity contribution in [3.8, 4) is 6.19 Å². The van der Waals surface area contributed by atoms with Gasteiger partial charge in [0, 0.05) is 4.47 Å². The number of carbonyl (C=O) groups excluding carboxylic acids is 1. The molecule has 1 atom stereocenters. The number of rotatable bonds is 1. The minimum Gasteiger partial charge on any atom is -0.328 e. The highest BCUT2D eigenvalue weighted by atomic mass is 79.9. The van der Waals surface area contributed by atoms with Crippen molar-refractivity contribution in [2.75, 3.05) is 6.54 Å². The number of benzene rings is 1. The first kappa shape index (κ1) is 11.0. The molecule has 1 heterocycles. The summed E-state index contributed by atoms with van der Waals surface area (Å²) >= 11 is 3.40.